The van der Waals surface area contributed by atoms with Crippen molar-refractivity contribution in [2.75, 3.05) is 26.4 Å². The van der Waals surface area contributed by atoms with Gasteiger partial charge in [0.15, 0.2) is 17.8 Å². The Morgan fingerprint density at radius 2 is 1.62 bits per heavy atom. The Kier molecular flexibility index (Phi) is 2.68. The fourth-order valence-corrected chi connectivity index (χ4v) is 1.89. The van der Waals surface area contributed by atoms with Crippen molar-refractivity contribution in [1.29, 1.82) is 0 Å². The Balaban J connectivity index is 1.84. The molecule has 1 saturated heterocycles. The van der Waals surface area contributed by atoms with Gasteiger partial charge in [0.25, 0.3) is 0 Å². The van der Waals surface area contributed by atoms with Crippen LogP contribution in [-0.2, 0) is 9.47 Å². The number of rotatable bonds is 1. The fraction of sp³-hybridized carbons (Fsp3) is 0.500. The van der Waals surface area contributed by atoms with Gasteiger partial charge in [0.2, 0.25) is 0 Å². The zero-order chi connectivity index (χ0) is 10.8. The second-order valence-electron chi connectivity index (χ2n) is 3.83. The van der Waals surface area contributed by atoms with E-state index >= 15 is 0 Å². The van der Waals surface area contributed by atoms with E-state index in [1.165, 1.54) is 0 Å². The quantitative estimate of drug-likeness (QED) is 0.727. The summed E-state index contributed by atoms with van der Waals surface area (Å²) >= 11 is 0. The molecule has 1 aromatic carbocycles. The number of fused-ring (bicyclic) bond motifs is 1. The monoisotopic (exact) mass is 222 g/mol. The molecule has 0 radical (unpaired) electrons. The van der Waals surface area contributed by atoms with Gasteiger partial charge in [0.05, 0.1) is 13.2 Å². The average molecular weight is 222 g/mol. The van der Waals surface area contributed by atoms with Gasteiger partial charge in [0, 0.05) is 5.56 Å². The highest BCUT2D eigenvalue weighted by Gasteiger charge is 2.19. The molecule has 0 bridgehead atoms. The summed E-state index contributed by atoms with van der Waals surface area (Å²) in [6.45, 7) is 2.71. The van der Waals surface area contributed by atoms with Gasteiger partial charge in [-0.05, 0) is 18.6 Å². The Labute approximate surface area is 94.1 Å². The van der Waals surface area contributed by atoms with Gasteiger partial charge in [0.1, 0.15) is 13.2 Å². The summed E-state index contributed by atoms with van der Waals surface area (Å²) in [5.41, 5.74) is 0.990. The van der Waals surface area contributed by atoms with E-state index in [4.69, 9.17) is 18.9 Å². The first kappa shape index (κ1) is 9.93. The summed E-state index contributed by atoms with van der Waals surface area (Å²) in [6, 6.07) is 5.80. The molecule has 1 aromatic rings. The first-order valence-corrected chi connectivity index (χ1v) is 5.56. The van der Waals surface area contributed by atoms with Crippen molar-refractivity contribution in [3.05, 3.63) is 23.8 Å². The molecule has 0 N–H and O–H groups in total. The summed E-state index contributed by atoms with van der Waals surface area (Å²) in [6.07, 6.45) is 0.700. The molecule has 0 unspecified atom stereocenters. The first-order valence-electron chi connectivity index (χ1n) is 5.56. The van der Waals surface area contributed by atoms with Gasteiger partial charge in [-0.25, -0.2) is 0 Å². The van der Waals surface area contributed by atoms with E-state index in [0.29, 0.717) is 13.2 Å². The maximum atomic E-state index is 5.54. The molecule has 1 fully saturated rings. The summed E-state index contributed by atoms with van der Waals surface area (Å²) in [5, 5.41) is 0. The third kappa shape index (κ3) is 1.86. The van der Waals surface area contributed by atoms with Crippen LogP contribution in [0.25, 0.3) is 0 Å². The molecule has 0 amide bonds. The molecule has 0 saturated carbocycles. The Bertz CT molecular complexity index is 371. The van der Waals surface area contributed by atoms with E-state index in [2.05, 4.69) is 0 Å². The molecular formula is C12H14O4. The zero-order valence-electron chi connectivity index (χ0n) is 8.98. The van der Waals surface area contributed by atoms with E-state index < -0.39 is 0 Å². The Morgan fingerprint density at radius 3 is 2.44 bits per heavy atom. The molecule has 0 spiro atoms. The predicted octanol–water partition coefficient (Wildman–Crippen LogP) is 1.89. The predicted molar refractivity (Wildman–Crippen MR) is 56.7 cm³/mol. The van der Waals surface area contributed by atoms with Crippen LogP contribution in [0.1, 0.15) is 18.3 Å². The van der Waals surface area contributed by atoms with Crippen LogP contribution in [0.3, 0.4) is 0 Å². The van der Waals surface area contributed by atoms with Crippen molar-refractivity contribution in [1.82, 2.24) is 0 Å². The Morgan fingerprint density at radius 1 is 0.875 bits per heavy atom. The molecule has 0 aromatic heterocycles. The highest BCUT2D eigenvalue weighted by atomic mass is 16.7. The Hall–Kier alpha value is -1.26. The van der Waals surface area contributed by atoms with Crippen LogP contribution in [-0.4, -0.2) is 26.4 Å². The number of benzene rings is 1. The van der Waals surface area contributed by atoms with Gasteiger partial charge in [-0.3, -0.25) is 0 Å². The lowest BCUT2D eigenvalue weighted by atomic mass is 10.2. The topological polar surface area (TPSA) is 36.9 Å². The molecule has 2 aliphatic rings. The van der Waals surface area contributed by atoms with E-state index in [-0.39, 0.29) is 6.29 Å². The number of hydrogen-bond acceptors (Lipinski definition) is 4. The molecule has 0 atom stereocenters. The first-order chi connectivity index (χ1) is 7.93. The molecule has 4 heteroatoms. The summed E-state index contributed by atoms with van der Waals surface area (Å²) < 4.78 is 22.1. The molecule has 2 aliphatic heterocycles. The third-order valence-corrected chi connectivity index (χ3v) is 2.67. The van der Waals surface area contributed by atoms with E-state index in [1.807, 2.05) is 18.2 Å². The molecule has 86 valence electrons. The lowest BCUT2D eigenvalue weighted by molar-refractivity contribution is -0.183. The third-order valence-electron chi connectivity index (χ3n) is 2.67. The van der Waals surface area contributed by atoms with Gasteiger partial charge in [-0.2, -0.15) is 0 Å². The maximum Gasteiger partial charge on any atom is 0.183 e. The van der Waals surface area contributed by atoms with Gasteiger partial charge < -0.3 is 18.9 Å². The van der Waals surface area contributed by atoms with E-state index in [9.17, 15) is 0 Å². The van der Waals surface area contributed by atoms with Crippen LogP contribution < -0.4 is 9.47 Å². The van der Waals surface area contributed by atoms with Crippen molar-refractivity contribution in [3.63, 3.8) is 0 Å². The minimum absolute atomic E-state index is 0.260. The smallest absolute Gasteiger partial charge is 0.183 e. The molecule has 0 aliphatic carbocycles. The van der Waals surface area contributed by atoms with Crippen LogP contribution in [0.15, 0.2) is 18.2 Å². The van der Waals surface area contributed by atoms with Crippen molar-refractivity contribution in [2.24, 2.45) is 0 Å². The van der Waals surface area contributed by atoms with Crippen molar-refractivity contribution >= 4 is 0 Å². The van der Waals surface area contributed by atoms with Crippen LogP contribution >= 0.6 is 0 Å². The van der Waals surface area contributed by atoms with Crippen LogP contribution in [0, 0.1) is 0 Å². The second-order valence-corrected chi connectivity index (χ2v) is 3.83. The minimum Gasteiger partial charge on any atom is -0.486 e. The van der Waals surface area contributed by atoms with Crippen LogP contribution in [0.2, 0.25) is 0 Å². The maximum absolute atomic E-state index is 5.54. The van der Waals surface area contributed by atoms with Gasteiger partial charge in [-0.1, -0.05) is 6.07 Å². The van der Waals surface area contributed by atoms with Crippen molar-refractivity contribution < 1.29 is 18.9 Å². The summed E-state index contributed by atoms with van der Waals surface area (Å²) in [7, 11) is 0. The SMILES string of the molecule is c1cc2c(cc1C1OCCCO1)OCCO2. The van der Waals surface area contributed by atoms with Gasteiger partial charge >= 0.3 is 0 Å². The molecule has 4 nitrogen and oxygen atoms in total. The lowest BCUT2D eigenvalue weighted by Crippen LogP contribution is -2.19. The highest BCUT2D eigenvalue weighted by Crippen LogP contribution is 2.34. The number of ether oxygens (including phenoxy) is 4. The molecule has 3 rings (SSSR count). The van der Waals surface area contributed by atoms with E-state index in [1.54, 1.807) is 0 Å². The van der Waals surface area contributed by atoms with Crippen molar-refractivity contribution in [2.45, 2.75) is 12.7 Å². The van der Waals surface area contributed by atoms with Gasteiger partial charge in [-0.15, -0.1) is 0 Å². The standard InChI is InChI=1S/C12H14O4/c1-4-15-12(16-5-1)9-2-3-10-11(8-9)14-7-6-13-10/h2-3,8,12H,1,4-7H2. The van der Waals surface area contributed by atoms with E-state index in [0.717, 1.165) is 36.7 Å². The number of hydrogen-bond donors (Lipinski definition) is 0. The largest absolute Gasteiger partial charge is 0.486 e. The van der Waals surface area contributed by atoms with Crippen molar-refractivity contribution in [3.8, 4) is 11.5 Å². The second kappa shape index (κ2) is 4.31. The molecule has 16 heavy (non-hydrogen) atoms. The average Bonchev–Trinajstić information content (AvgIpc) is 2.39. The minimum atomic E-state index is -0.260. The van der Waals surface area contributed by atoms with Crippen LogP contribution in [0.4, 0.5) is 0 Å². The normalized spacial score (nSPS) is 20.8. The molecular weight excluding hydrogens is 208 g/mol. The zero-order valence-corrected chi connectivity index (χ0v) is 8.98. The molecule has 2 heterocycles. The summed E-state index contributed by atoms with van der Waals surface area (Å²) in [4.78, 5) is 0. The lowest BCUT2D eigenvalue weighted by Gasteiger charge is -2.25. The highest BCUT2D eigenvalue weighted by molar-refractivity contribution is 5.44. The summed E-state index contributed by atoms with van der Waals surface area (Å²) in [5.74, 6) is 1.58. The van der Waals surface area contributed by atoms with Crippen LogP contribution in [0.5, 0.6) is 11.5 Å². The fourth-order valence-electron chi connectivity index (χ4n) is 1.89.